The molecule has 0 amide bonds. The van der Waals surface area contributed by atoms with Gasteiger partial charge >= 0.3 is 0 Å². The SMILES string of the molecule is CNC(C)(C)CC1=CC=CN(n2cnc3cnc4c(ccn4S(=O)(=O)c4ccc(C)cc4)c32)C1. The maximum absolute atomic E-state index is 13.4. The highest BCUT2D eigenvalue weighted by Gasteiger charge is 2.24. The summed E-state index contributed by atoms with van der Waals surface area (Å²) >= 11 is 0. The Kier molecular flexibility index (Phi) is 5.33. The zero-order valence-corrected chi connectivity index (χ0v) is 20.5. The molecular weight excluding hydrogens is 448 g/mol. The van der Waals surface area contributed by atoms with Gasteiger partial charge in [0.15, 0.2) is 5.65 Å². The van der Waals surface area contributed by atoms with Crippen molar-refractivity contribution >= 4 is 32.1 Å². The molecule has 1 aromatic carbocycles. The number of imidazole rings is 1. The molecule has 0 saturated heterocycles. The molecule has 0 spiro atoms. The molecule has 0 fully saturated rings. The molecule has 1 aliphatic rings. The lowest BCUT2D eigenvalue weighted by Gasteiger charge is -2.31. The van der Waals surface area contributed by atoms with Gasteiger partial charge in [-0.15, -0.1) is 0 Å². The summed E-state index contributed by atoms with van der Waals surface area (Å²) in [5.74, 6) is 0. The number of nitrogens with one attached hydrogen (secondary N) is 1. The second-order valence-corrected chi connectivity index (χ2v) is 11.1. The van der Waals surface area contributed by atoms with E-state index in [2.05, 4.69) is 40.2 Å². The maximum Gasteiger partial charge on any atom is 0.269 e. The molecule has 0 unspecified atom stereocenters. The number of aromatic nitrogens is 4. The van der Waals surface area contributed by atoms with Crippen molar-refractivity contribution in [1.82, 2.24) is 23.9 Å². The zero-order valence-electron chi connectivity index (χ0n) is 19.7. The van der Waals surface area contributed by atoms with Crippen LogP contribution in [0.4, 0.5) is 0 Å². The van der Waals surface area contributed by atoms with Crippen molar-refractivity contribution < 1.29 is 8.42 Å². The molecular formula is C25H28N6O2S. The van der Waals surface area contributed by atoms with E-state index in [-0.39, 0.29) is 10.4 Å². The van der Waals surface area contributed by atoms with E-state index < -0.39 is 10.0 Å². The molecule has 3 aromatic heterocycles. The van der Waals surface area contributed by atoms with Gasteiger partial charge < -0.3 is 5.32 Å². The summed E-state index contributed by atoms with van der Waals surface area (Å²) in [6.45, 7) is 6.99. The normalized spacial score (nSPS) is 14.8. The fourth-order valence-electron chi connectivity index (χ4n) is 4.27. The Balaban J connectivity index is 1.57. The minimum absolute atomic E-state index is 0.0154. The lowest BCUT2D eigenvalue weighted by Crippen LogP contribution is -2.39. The monoisotopic (exact) mass is 476 g/mol. The molecule has 0 atom stereocenters. The molecule has 4 aromatic rings. The van der Waals surface area contributed by atoms with Crippen molar-refractivity contribution in [2.45, 2.75) is 37.6 Å². The number of allylic oxidation sites excluding steroid dienone is 2. The summed E-state index contributed by atoms with van der Waals surface area (Å²) in [5.41, 5.74) is 4.18. The first-order chi connectivity index (χ1) is 16.2. The van der Waals surface area contributed by atoms with Gasteiger partial charge in [0.05, 0.1) is 17.6 Å². The van der Waals surface area contributed by atoms with E-state index in [0.717, 1.165) is 22.9 Å². The van der Waals surface area contributed by atoms with E-state index in [1.54, 1.807) is 49.1 Å². The molecule has 34 heavy (non-hydrogen) atoms. The fourth-order valence-corrected chi connectivity index (χ4v) is 5.57. The van der Waals surface area contributed by atoms with Crippen LogP contribution in [0.25, 0.3) is 22.1 Å². The van der Waals surface area contributed by atoms with Gasteiger partial charge in [-0.1, -0.05) is 23.8 Å². The number of fused-ring (bicyclic) bond motifs is 3. The third kappa shape index (κ3) is 3.80. The lowest BCUT2D eigenvalue weighted by atomic mass is 9.94. The first-order valence-corrected chi connectivity index (χ1v) is 12.6. The summed E-state index contributed by atoms with van der Waals surface area (Å²) in [6.07, 6.45) is 12.0. The Hall–Kier alpha value is -3.43. The average Bonchev–Trinajstić information content (AvgIpc) is 3.44. The Morgan fingerprint density at radius 3 is 2.62 bits per heavy atom. The molecule has 8 nitrogen and oxygen atoms in total. The van der Waals surface area contributed by atoms with Gasteiger partial charge in [-0.25, -0.2) is 27.0 Å². The number of rotatable bonds is 6. The minimum atomic E-state index is -3.78. The molecule has 176 valence electrons. The number of pyridine rings is 1. The van der Waals surface area contributed by atoms with Crippen molar-refractivity contribution in [3.8, 4) is 0 Å². The summed E-state index contributed by atoms with van der Waals surface area (Å²) in [7, 11) is -1.81. The predicted molar refractivity (Wildman–Crippen MR) is 135 cm³/mol. The average molecular weight is 477 g/mol. The molecule has 0 aliphatic carbocycles. The van der Waals surface area contributed by atoms with Gasteiger partial charge in [0, 0.05) is 23.3 Å². The molecule has 0 radical (unpaired) electrons. The predicted octanol–water partition coefficient (Wildman–Crippen LogP) is 3.71. The number of hydrogen-bond donors (Lipinski definition) is 1. The molecule has 1 aliphatic heterocycles. The molecule has 0 saturated carbocycles. The second kappa shape index (κ2) is 8.11. The van der Waals surface area contributed by atoms with Gasteiger partial charge in [-0.2, -0.15) is 0 Å². The highest BCUT2D eigenvalue weighted by Crippen LogP contribution is 2.28. The van der Waals surface area contributed by atoms with Crippen LogP contribution in [0.15, 0.2) is 77.9 Å². The standard InChI is InChI=1S/C25H28N6O2S/c1-18-7-9-20(10-8-18)34(32,33)31-13-11-21-23-22(15-27-24(21)31)28-17-30(23)29-12-5-6-19(16-29)14-25(2,3)26-4/h5-13,15,17,26H,14,16H2,1-4H3. The second-order valence-electron chi connectivity index (χ2n) is 9.32. The lowest BCUT2D eigenvalue weighted by molar-refractivity contribution is 0.416. The van der Waals surface area contributed by atoms with E-state index in [4.69, 9.17) is 0 Å². The fraction of sp³-hybridized carbons (Fsp3) is 0.280. The van der Waals surface area contributed by atoms with Crippen LogP contribution in [-0.2, 0) is 10.0 Å². The van der Waals surface area contributed by atoms with Crippen LogP contribution in [0.2, 0.25) is 0 Å². The van der Waals surface area contributed by atoms with Crippen molar-refractivity contribution in [3.63, 3.8) is 0 Å². The first-order valence-electron chi connectivity index (χ1n) is 11.2. The molecule has 0 bridgehead atoms. The topological polar surface area (TPSA) is 85.1 Å². The Morgan fingerprint density at radius 2 is 1.88 bits per heavy atom. The van der Waals surface area contributed by atoms with Gasteiger partial charge in [-0.3, -0.25) is 5.01 Å². The van der Waals surface area contributed by atoms with Crippen LogP contribution in [0.5, 0.6) is 0 Å². The molecule has 1 N–H and O–H groups in total. The summed E-state index contributed by atoms with van der Waals surface area (Å²) in [6, 6.07) is 8.63. The first kappa shape index (κ1) is 22.4. The van der Waals surface area contributed by atoms with Gasteiger partial charge in [0.25, 0.3) is 10.0 Å². The van der Waals surface area contributed by atoms with E-state index in [9.17, 15) is 8.42 Å². The van der Waals surface area contributed by atoms with Crippen LogP contribution >= 0.6 is 0 Å². The van der Waals surface area contributed by atoms with Gasteiger partial charge in [0.2, 0.25) is 0 Å². The van der Waals surface area contributed by atoms with Crippen molar-refractivity contribution in [1.29, 1.82) is 0 Å². The summed E-state index contributed by atoms with van der Waals surface area (Å²) < 4.78 is 29.9. The summed E-state index contributed by atoms with van der Waals surface area (Å²) in [4.78, 5) is 9.23. The minimum Gasteiger partial charge on any atom is -0.314 e. The number of aryl methyl sites for hydroxylation is 1. The Labute approximate surface area is 199 Å². The summed E-state index contributed by atoms with van der Waals surface area (Å²) in [5, 5.41) is 6.17. The number of nitrogens with zero attached hydrogens (tertiary/aromatic N) is 5. The van der Waals surface area contributed by atoms with Crippen LogP contribution in [0.1, 0.15) is 25.8 Å². The Bertz CT molecular complexity index is 1540. The van der Waals surface area contributed by atoms with Crippen molar-refractivity contribution in [2.24, 2.45) is 0 Å². The third-order valence-electron chi connectivity index (χ3n) is 6.32. The number of benzene rings is 1. The highest BCUT2D eigenvalue weighted by atomic mass is 32.2. The van der Waals surface area contributed by atoms with E-state index >= 15 is 0 Å². The van der Waals surface area contributed by atoms with Gasteiger partial charge in [0.1, 0.15) is 17.4 Å². The molecule has 5 rings (SSSR count). The van der Waals surface area contributed by atoms with E-state index in [0.29, 0.717) is 17.7 Å². The van der Waals surface area contributed by atoms with Crippen LogP contribution in [0, 0.1) is 6.92 Å². The largest absolute Gasteiger partial charge is 0.314 e. The van der Waals surface area contributed by atoms with Crippen LogP contribution in [-0.4, -0.2) is 46.2 Å². The maximum atomic E-state index is 13.4. The van der Waals surface area contributed by atoms with Crippen molar-refractivity contribution in [3.05, 3.63) is 78.5 Å². The quantitative estimate of drug-likeness (QED) is 0.457. The highest BCUT2D eigenvalue weighted by molar-refractivity contribution is 7.90. The smallest absolute Gasteiger partial charge is 0.269 e. The number of hydrogen-bond acceptors (Lipinski definition) is 6. The molecule has 4 heterocycles. The third-order valence-corrected chi connectivity index (χ3v) is 8.00. The molecule has 9 heteroatoms. The van der Waals surface area contributed by atoms with E-state index in [1.807, 2.05) is 30.9 Å². The van der Waals surface area contributed by atoms with Crippen molar-refractivity contribution in [2.75, 3.05) is 18.6 Å². The zero-order chi connectivity index (χ0) is 24.1. The van der Waals surface area contributed by atoms with Crippen LogP contribution < -0.4 is 10.3 Å². The van der Waals surface area contributed by atoms with Crippen LogP contribution in [0.3, 0.4) is 0 Å². The van der Waals surface area contributed by atoms with E-state index in [1.165, 1.54) is 9.55 Å². The Morgan fingerprint density at radius 1 is 1.12 bits per heavy atom. The van der Waals surface area contributed by atoms with Gasteiger partial charge in [-0.05, 0) is 64.1 Å².